The van der Waals surface area contributed by atoms with Gasteiger partial charge in [-0.3, -0.25) is 4.90 Å². The average molecular weight is 336 g/mol. The number of nitrogens with zero attached hydrogens (tertiary/aromatic N) is 4. The largest absolute Gasteiger partial charge is 0.395 e. The number of aliphatic hydroxyl groups excluding tert-OH is 1. The number of β-amino-alcohol motifs (C(OH)–C–C–N with tert-alkyl or cyclic N) is 1. The highest BCUT2D eigenvalue weighted by Crippen LogP contribution is 2.29. The van der Waals surface area contributed by atoms with Crippen LogP contribution in [0, 0.1) is 0 Å². The molecule has 0 amide bonds. The molecule has 5 nitrogen and oxygen atoms in total. The van der Waals surface area contributed by atoms with Crippen molar-refractivity contribution in [3.8, 4) is 0 Å². The number of anilines is 1. The lowest BCUT2D eigenvalue weighted by Gasteiger charge is -2.23. The van der Waals surface area contributed by atoms with Crippen molar-refractivity contribution in [2.45, 2.75) is 6.42 Å². The van der Waals surface area contributed by atoms with Crippen molar-refractivity contribution < 1.29 is 5.11 Å². The van der Waals surface area contributed by atoms with Crippen molar-refractivity contribution in [2.75, 3.05) is 44.2 Å². The van der Waals surface area contributed by atoms with E-state index in [1.807, 2.05) is 0 Å². The molecule has 1 saturated heterocycles. The van der Waals surface area contributed by atoms with Crippen LogP contribution in [0.25, 0.3) is 0 Å². The van der Waals surface area contributed by atoms with E-state index in [1.54, 1.807) is 0 Å². The molecule has 1 aromatic heterocycles. The Morgan fingerprint density at radius 3 is 2.89 bits per heavy atom. The third-order valence-corrected chi connectivity index (χ3v) is 4.28. The highest BCUT2D eigenvalue weighted by Gasteiger charge is 2.18. The fourth-order valence-electron chi connectivity index (χ4n) is 2.11. The Bertz CT molecular complexity index is 407. The molecule has 1 aliphatic rings. The predicted molar refractivity (Wildman–Crippen MR) is 75.1 cm³/mol. The summed E-state index contributed by atoms with van der Waals surface area (Å²) >= 11 is 9.42. The maximum absolute atomic E-state index is 8.97. The standard InChI is InChI=1S/C11H16BrClN4O/c12-9-10(13)14-8-15-11(9)17-3-1-2-16(4-5-17)6-7-18/h8,18H,1-7H2. The Hall–Kier alpha value is -0.430. The summed E-state index contributed by atoms with van der Waals surface area (Å²) in [5, 5.41) is 9.41. The van der Waals surface area contributed by atoms with Gasteiger partial charge in [0.05, 0.1) is 11.1 Å². The van der Waals surface area contributed by atoms with Crippen LogP contribution >= 0.6 is 27.5 Å². The van der Waals surface area contributed by atoms with Crippen LogP contribution < -0.4 is 4.90 Å². The molecule has 1 aliphatic heterocycles. The molecule has 0 spiro atoms. The zero-order valence-corrected chi connectivity index (χ0v) is 12.4. The maximum Gasteiger partial charge on any atom is 0.148 e. The highest BCUT2D eigenvalue weighted by atomic mass is 79.9. The van der Waals surface area contributed by atoms with Gasteiger partial charge in [0.25, 0.3) is 0 Å². The van der Waals surface area contributed by atoms with E-state index >= 15 is 0 Å². The van der Waals surface area contributed by atoms with E-state index in [0.717, 1.165) is 49.4 Å². The molecular weight excluding hydrogens is 320 g/mol. The van der Waals surface area contributed by atoms with Crippen LogP contribution in [0.15, 0.2) is 10.8 Å². The lowest BCUT2D eigenvalue weighted by Crippen LogP contribution is -2.32. The van der Waals surface area contributed by atoms with Crippen molar-refractivity contribution in [1.29, 1.82) is 0 Å². The second-order valence-corrected chi connectivity index (χ2v) is 5.36. The normalized spacial score (nSPS) is 17.8. The topological polar surface area (TPSA) is 52.5 Å². The lowest BCUT2D eigenvalue weighted by atomic mass is 10.4. The molecule has 1 fully saturated rings. The molecule has 0 bridgehead atoms. The lowest BCUT2D eigenvalue weighted by molar-refractivity contribution is 0.204. The molecule has 0 aromatic carbocycles. The molecule has 18 heavy (non-hydrogen) atoms. The molecule has 0 atom stereocenters. The zero-order valence-electron chi connectivity index (χ0n) is 10.0. The summed E-state index contributed by atoms with van der Waals surface area (Å²) in [4.78, 5) is 12.7. The van der Waals surface area contributed by atoms with Gasteiger partial charge in [-0.25, -0.2) is 9.97 Å². The summed E-state index contributed by atoms with van der Waals surface area (Å²) in [6, 6.07) is 0. The SMILES string of the molecule is OCCN1CCCN(c2ncnc(Cl)c2Br)CC1. The first-order chi connectivity index (χ1) is 8.72. The second-order valence-electron chi connectivity index (χ2n) is 4.21. The van der Waals surface area contributed by atoms with Gasteiger partial charge in [0.15, 0.2) is 0 Å². The van der Waals surface area contributed by atoms with Crippen LogP contribution in [-0.4, -0.2) is 59.3 Å². The minimum absolute atomic E-state index is 0.211. The number of hydrogen-bond donors (Lipinski definition) is 1. The summed E-state index contributed by atoms with van der Waals surface area (Å²) in [6.07, 6.45) is 2.53. The van der Waals surface area contributed by atoms with Crippen LogP contribution in [-0.2, 0) is 0 Å². The molecule has 0 unspecified atom stereocenters. The monoisotopic (exact) mass is 334 g/mol. The summed E-state index contributed by atoms with van der Waals surface area (Å²) < 4.78 is 0.752. The molecule has 2 rings (SSSR count). The Morgan fingerprint density at radius 1 is 1.28 bits per heavy atom. The molecule has 7 heteroatoms. The van der Waals surface area contributed by atoms with E-state index < -0.39 is 0 Å². The summed E-state index contributed by atoms with van der Waals surface area (Å²) in [5.74, 6) is 0.848. The number of aromatic nitrogens is 2. The van der Waals surface area contributed by atoms with E-state index in [1.165, 1.54) is 6.33 Å². The minimum atomic E-state index is 0.211. The van der Waals surface area contributed by atoms with Gasteiger partial charge in [-0.05, 0) is 28.9 Å². The van der Waals surface area contributed by atoms with Crippen molar-refractivity contribution in [1.82, 2.24) is 14.9 Å². The van der Waals surface area contributed by atoms with Gasteiger partial charge in [0.1, 0.15) is 17.3 Å². The smallest absolute Gasteiger partial charge is 0.148 e. The van der Waals surface area contributed by atoms with Crippen LogP contribution in [0.3, 0.4) is 0 Å². The van der Waals surface area contributed by atoms with Crippen LogP contribution in [0.1, 0.15) is 6.42 Å². The molecule has 0 saturated carbocycles. The molecular formula is C11H16BrClN4O. The highest BCUT2D eigenvalue weighted by molar-refractivity contribution is 9.10. The fourth-order valence-corrected chi connectivity index (χ4v) is 2.69. The van der Waals surface area contributed by atoms with Gasteiger partial charge < -0.3 is 10.0 Å². The molecule has 1 aromatic rings. The van der Waals surface area contributed by atoms with E-state index in [-0.39, 0.29) is 6.61 Å². The number of hydrogen-bond acceptors (Lipinski definition) is 5. The van der Waals surface area contributed by atoms with Crippen LogP contribution in [0.2, 0.25) is 5.15 Å². The van der Waals surface area contributed by atoms with Crippen molar-refractivity contribution in [3.05, 3.63) is 16.0 Å². The van der Waals surface area contributed by atoms with E-state index in [0.29, 0.717) is 5.15 Å². The average Bonchev–Trinajstić information content (AvgIpc) is 2.59. The second kappa shape index (κ2) is 6.65. The van der Waals surface area contributed by atoms with Crippen LogP contribution in [0.4, 0.5) is 5.82 Å². The molecule has 1 N–H and O–H groups in total. The third-order valence-electron chi connectivity index (χ3n) is 3.03. The molecule has 100 valence electrons. The first kappa shape index (κ1) is 14.0. The van der Waals surface area contributed by atoms with Gasteiger partial charge >= 0.3 is 0 Å². The van der Waals surface area contributed by atoms with Gasteiger partial charge in [0, 0.05) is 26.2 Å². The quantitative estimate of drug-likeness (QED) is 0.846. The Labute approximate surface area is 120 Å². The van der Waals surface area contributed by atoms with Crippen LogP contribution in [0.5, 0.6) is 0 Å². The fraction of sp³-hybridized carbons (Fsp3) is 0.636. The first-order valence-electron chi connectivity index (χ1n) is 5.96. The zero-order chi connectivity index (χ0) is 13.0. The molecule has 0 aliphatic carbocycles. The number of rotatable bonds is 3. The molecule has 2 heterocycles. The van der Waals surface area contributed by atoms with E-state index in [2.05, 4.69) is 35.7 Å². The summed E-state index contributed by atoms with van der Waals surface area (Å²) in [6.45, 7) is 4.70. The Morgan fingerprint density at radius 2 is 2.11 bits per heavy atom. The van der Waals surface area contributed by atoms with Gasteiger partial charge in [-0.1, -0.05) is 11.6 Å². The van der Waals surface area contributed by atoms with Gasteiger partial charge in [-0.15, -0.1) is 0 Å². The van der Waals surface area contributed by atoms with Crippen molar-refractivity contribution >= 4 is 33.3 Å². The summed E-state index contributed by atoms with van der Waals surface area (Å²) in [5.41, 5.74) is 0. The number of halogens is 2. The predicted octanol–water partition coefficient (Wildman–Crippen LogP) is 1.40. The third kappa shape index (κ3) is 3.32. The number of aliphatic hydroxyl groups is 1. The summed E-state index contributed by atoms with van der Waals surface area (Å²) in [7, 11) is 0. The van der Waals surface area contributed by atoms with Crippen molar-refractivity contribution in [3.63, 3.8) is 0 Å². The van der Waals surface area contributed by atoms with Gasteiger partial charge in [0.2, 0.25) is 0 Å². The Balaban J connectivity index is 2.07. The maximum atomic E-state index is 8.97. The van der Waals surface area contributed by atoms with Crippen molar-refractivity contribution in [2.24, 2.45) is 0 Å². The van der Waals surface area contributed by atoms with E-state index in [9.17, 15) is 0 Å². The first-order valence-corrected chi connectivity index (χ1v) is 7.13. The minimum Gasteiger partial charge on any atom is -0.395 e. The van der Waals surface area contributed by atoms with E-state index in [4.69, 9.17) is 16.7 Å². The van der Waals surface area contributed by atoms with Gasteiger partial charge in [-0.2, -0.15) is 0 Å². The molecule has 0 radical (unpaired) electrons. The Kier molecular flexibility index (Phi) is 5.17.